The smallest absolute Gasteiger partial charge is 0.272 e. The van der Waals surface area contributed by atoms with E-state index in [1.165, 1.54) is 22.5 Å². The molecule has 3 rings (SSSR count). The normalized spacial score (nSPS) is 11.0. The Morgan fingerprint density at radius 1 is 1.21 bits per heavy atom. The van der Waals surface area contributed by atoms with Crippen molar-refractivity contribution in [3.63, 3.8) is 0 Å². The second-order valence-electron chi connectivity index (χ2n) is 6.96. The van der Waals surface area contributed by atoms with Crippen LogP contribution in [0.4, 0.5) is 5.69 Å². The minimum atomic E-state index is -0.572. The lowest BCUT2D eigenvalue weighted by Crippen LogP contribution is -2.19. The fraction of sp³-hybridized carbons (Fsp3) is 0.286. The number of rotatable bonds is 9. The molecule has 8 nitrogen and oxygen atoms in total. The van der Waals surface area contributed by atoms with Crippen LogP contribution in [-0.4, -0.2) is 27.6 Å². The number of nitro benzene ring substituents is 1. The van der Waals surface area contributed by atoms with Crippen LogP contribution < -0.4 is 10.8 Å². The lowest BCUT2D eigenvalue weighted by atomic mass is 10.0. The van der Waals surface area contributed by atoms with E-state index in [1.807, 2.05) is 18.2 Å². The van der Waals surface area contributed by atoms with Crippen LogP contribution in [0.25, 0.3) is 10.9 Å². The number of para-hydroxylation sites is 1. The van der Waals surface area contributed by atoms with Gasteiger partial charge in [0.2, 0.25) is 5.91 Å². The third kappa shape index (κ3) is 4.98. The number of H-pyrrole nitrogens is 1. The summed E-state index contributed by atoms with van der Waals surface area (Å²) in [5, 5.41) is 24.5. The molecule has 0 aliphatic heterocycles. The Kier molecular flexibility index (Phi) is 6.58. The van der Waals surface area contributed by atoms with Crippen LogP contribution in [0.3, 0.4) is 0 Å². The molecule has 1 aromatic heterocycles. The predicted molar refractivity (Wildman–Crippen MR) is 110 cm³/mol. The van der Waals surface area contributed by atoms with Gasteiger partial charge in [-0.2, -0.15) is 0 Å². The number of hydroxylamine groups is 1. The molecule has 4 N–H and O–H groups in total. The van der Waals surface area contributed by atoms with Gasteiger partial charge in [-0.05, 0) is 43.5 Å². The van der Waals surface area contributed by atoms with Gasteiger partial charge in [0.15, 0.2) is 0 Å². The minimum Gasteiger partial charge on any atom is -0.358 e. The molecule has 3 aromatic rings. The van der Waals surface area contributed by atoms with Crippen LogP contribution >= 0.6 is 0 Å². The van der Waals surface area contributed by atoms with Gasteiger partial charge >= 0.3 is 0 Å². The van der Waals surface area contributed by atoms with Crippen molar-refractivity contribution in [3.05, 3.63) is 75.0 Å². The highest BCUT2D eigenvalue weighted by molar-refractivity contribution is 5.84. The molecule has 0 fully saturated rings. The number of hydrogen-bond donors (Lipinski definition) is 4. The number of nitrogens with zero attached hydrogens (tertiary/aromatic N) is 1. The molecule has 0 atom stereocenters. The maximum Gasteiger partial charge on any atom is 0.272 e. The molecule has 0 aliphatic carbocycles. The Bertz CT molecular complexity index is 1030. The molecule has 0 aliphatic rings. The Balaban J connectivity index is 1.60. The SMILES string of the molecule is Cc1[nH]c2ccccc2c1CCNCc1ccc(CCC(=O)NO)c([N+](=O)[O-])c1. The summed E-state index contributed by atoms with van der Waals surface area (Å²) in [6.07, 6.45) is 1.03. The van der Waals surface area contributed by atoms with Crippen LogP contribution in [-0.2, 0) is 24.2 Å². The zero-order valence-corrected chi connectivity index (χ0v) is 16.2. The summed E-state index contributed by atoms with van der Waals surface area (Å²) in [4.78, 5) is 25.5. The third-order valence-corrected chi connectivity index (χ3v) is 5.00. The number of carbonyl (C=O) groups excluding carboxylic acids is 1. The van der Waals surface area contributed by atoms with Crippen LogP contribution in [0.2, 0.25) is 0 Å². The van der Waals surface area contributed by atoms with E-state index in [9.17, 15) is 14.9 Å². The summed E-state index contributed by atoms with van der Waals surface area (Å²) in [7, 11) is 0. The number of amides is 1. The van der Waals surface area contributed by atoms with Gasteiger partial charge in [0.05, 0.1) is 4.92 Å². The summed E-state index contributed by atoms with van der Waals surface area (Å²) in [6, 6.07) is 13.2. The van der Waals surface area contributed by atoms with E-state index in [4.69, 9.17) is 5.21 Å². The van der Waals surface area contributed by atoms with Gasteiger partial charge in [-0.25, -0.2) is 5.48 Å². The average molecular weight is 396 g/mol. The topological polar surface area (TPSA) is 120 Å². The molecule has 0 saturated heterocycles. The largest absolute Gasteiger partial charge is 0.358 e. The number of benzene rings is 2. The summed E-state index contributed by atoms with van der Waals surface area (Å²) in [5.74, 6) is -0.572. The van der Waals surface area contributed by atoms with E-state index in [0.717, 1.165) is 29.7 Å². The first-order valence-corrected chi connectivity index (χ1v) is 9.45. The highest BCUT2D eigenvalue weighted by Gasteiger charge is 2.15. The van der Waals surface area contributed by atoms with E-state index in [2.05, 4.69) is 29.4 Å². The molecule has 1 amide bonds. The highest BCUT2D eigenvalue weighted by Crippen LogP contribution is 2.23. The van der Waals surface area contributed by atoms with Gasteiger partial charge < -0.3 is 10.3 Å². The van der Waals surface area contributed by atoms with Gasteiger partial charge in [-0.15, -0.1) is 0 Å². The standard InChI is InChI=1S/C21H24N4O4/c1-14-17(18-4-2-3-5-19(18)23-14)10-11-22-13-15-6-7-16(8-9-21(26)24-27)20(12-15)25(28)29/h2-7,12,22-23,27H,8-11,13H2,1H3,(H,24,26). The highest BCUT2D eigenvalue weighted by atomic mass is 16.6. The zero-order chi connectivity index (χ0) is 20.8. The number of hydrogen-bond acceptors (Lipinski definition) is 5. The number of carbonyl (C=O) groups is 1. The molecule has 1 heterocycles. The van der Waals surface area contributed by atoms with Gasteiger partial charge in [0.1, 0.15) is 0 Å². The molecule has 29 heavy (non-hydrogen) atoms. The third-order valence-electron chi connectivity index (χ3n) is 5.00. The summed E-state index contributed by atoms with van der Waals surface area (Å²) in [5.41, 5.74) is 6.35. The number of nitrogens with one attached hydrogen (secondary N) is 3. The Morgan fingerprint density at radius 2 is 2.00 bits per heavy atom. The van der Waals surface area contributed by atoms with Crippen molar-refractivity contribution in [2.45, 2.75) is 32.7 Å². The first-order chi connectivity index (χ1) is 14.0. The zero-order valence-electron chi connectivity index (χ0n) is 16.2. The lowest BCUT2D eigenvalue weighted by molar-refractivity contribution is -0.385. The number of fused-ring (bicyclic) bond motifs is 1. The quantitative estimate of drug-likeness (QED) is 0.192. The van der Waals surface area contributed by atoms with Crippen molar-refractivity contribution in [1.82, 2.24) is 15.8 Å². The van der Waals surface area contributed by atoms with E-state index in [-0.39, 0.29) is 18.5 Å². The molecular formula is C21H24N4O4. The van der Waals surface area contributed by atoms with Crippen molar-refractivity contribution in [1.29, 1.82) is 0 Å². The summed E-state index contributed by atoms with van der Waals surface area (Å²) < 4.78 is 0. The van der Waals surface area contributed by atoms with Gasteiger partial charge in [0.25, 0.3) is 5.69 Å². The minimum absolute atomic E-state index is 0.0116. The second kappa shape index (κ2) is 9.31. The molecule has 0 bridgehead atoms. The maximum atomic E-state index is 11.4. The summed E-state index contributed by atoms with van der Waals surface area (Å²) in [6.45, 7) is 3.32. The molecule has 8 heteroatoms. The van der Waals surface area contributed by atoms with Crippen LogP contribution in [0.1, 0.15) is 28.8 Å². The molecule has 0 unspecified atom stereocenters. The number of nitro groups is 1. The molecule has 0 spiro atoms. The van der Waals surface area contributed by atoms with Crippen molar-refractivity contribution in [2.75, 3.05) is 6.54 Å². The molecular weight excluding hydrogens is 372 g/mol. The Morgan fingerprint density at radius 3 is 2.76 bits per heavy atom. The molecule has 0 saturated carbocycles. The van der Waals surface area contributed by atoms with Gasteiger partial charge in [-0.1, -0.05) is 30.3 Å². The van der Waals surface area contributed by atoms with E-state index in [0.29, 0.717) is 12.1 Å². The Hall–Kier alpha value is -3.23. The molecule has 2 aromatic carbocycles. The van der Waals surface area contributed by atoms with Crippen LogP contribution in [0, 0.1) is 17.0 Å². The van der Waals surface area contributed by atoms with Gasteiger partial charge in [-0.3, -0.25) is 20.1 Å². The van der Waals surface area contributed by atoms with Crippen molar-refractivity contribution >= 4 is 22.5 Å². The summed E-state index contributed by atoms with van der Waals surface area (Å²) >= 11 is 0. The number of aromatic nitrogens is 1. The van der Waals surface area contributed by atoms with Crippen molar-refractivity contribution < 1.29 is 14.9 Å². The maximum absolute atomic E-state index is 11.4. The van der Waals surface area contributed by atoms with Crippen molar-refractivity contribution in [2.24, 2.45) is 0 Å². The van der Waals surface area contributed by atoms with Crippen molar-refractivity contribution in [3.8, 4) is 0 Å². The molecule has 152 valence electrons. The average Bonchev–Trinajstić information content (AvgIpc) is 3.04. The Labute approximate surface area is 168 Å². The van der Waals surface area contributed by atoms with E-state index < -0.39 is 10.8 Å². The van der Waals surface area contributed by atoms with Gasteiger partial charge in [0, 0.05) is 41.2 Å². The first kappa shape index (κ1) is 20.5. The molecule has 0 radical (unpaired) electrons. The predicted octanol–water partition coefficient (Wildman–Crippen LogP) is 3.15. The monoisotopic (exact) mass is 396 g/mol. The van der Waals surface area contributed by atoms with Crippen LogP contribution in [0.5, 0.6) is 0 Å². The number of aryl methyl sites for hydroxylation is 2. The van der Waals surface area contributed by atoms with E-state index in [1.54, 1.807) is 6.07 Å². The van der Waals surface area contributed by atoms with E-state index >= 15 is 0 Å². The fourth-order valence-electron chi connectivity index (χ4n) is 3.51. The lowest BCUT2D eigenvalue weighted by Gasteiger charge is -2.08. The van der Waals surface area contributed by atoms with Crippen LogP contribution in [0.15, 0.2) is 42.5 Å². The number of aromatic amines is 1. The fourth-order valence-corrected chi connectivity index (χ4v) is 3.51. The first-order valence-electron chi connectivity index (χ1n) is 9.45. The second-order valence-corrected chi connectivity index (χ2v) is 6.96.